The van der Waals surface area contributed by atoms with Crippen molar-refractivity contribution in [1.29, 1.82) is 0 Å². The van der Waals surface area contributed by atoms with Gasteiger partial charge in [-0.25, -0.2) is 0 Å². The molecule has 94 valence electrons. The number of hydrogen-bond donors (Lipinski definition) is 2. The van der Waals surface area contributed by atoms with Crippen molar-refractivity contribution in [3.63, 3.8) is 0 Å². The molecule has 5 heteroatoms. The maximum absolute atomic E-state index is 6.25. The van der Waals surface area contributed by atoms with Gasteiger partial charge in [-0.3, -0.25) is 5.10 Å². The van der Waals surface area contributed by atoms with Crippen molar-refractivity contribution in [2.45, 2.75) is 0 Å². The summed E-state index contributed by atoms with van der Waals surface area (Å²) in [7, 11) is 0. The monoisotopic (exact) mass is 262 g/mol. The topological polar surface area (TPSA) is 44.0 Å². The van der Waals surface area contributed by atoms with E-state index in [1.54, 1.807) is 0 Å². The summed E-state index contributed by atoms with van der Waals surface area (Å²) in [5.74, 6) is 0. The van der Waals surface area contributed by atoms with Gasteiger partial charge in [0.05, 0.1) is 22.6 Å². The Bertz CT molecular complexity index is 531. The van der Waals surface area contributed by atoms with Crippen LogP contribution in [0.3, 0.4) is 0 Å². The second-order valence-electron chi connectivity index (χ2n) is 4.35. The highest BCUT2D eigenvalue weighted by Gasteiger charge is 2.17. The second-order valence-corrected chi connectivity index (χ2v) is 4.75. The lowest BCUT2D eigenvalue weighted by atomic mass is 10.1. The number of aromatic amines is 1. The summed E-state index contributed by atoms with van der Waals surface area (Å²) >= 11 is 6.25. The molecule has 2 aromatic rings. The average Bonchev–Trinajstić information content (AvgIpc) is 2.89. The molecular formula is C13H15ClN4. The third-order valence-electron chi connectivity index (χ3n) is 3.22. The molecule has 1 saturated heterocycles. The second kappa shape index (κ2) is 5.00. The SMILES string of the molecule is Clc1ccccc1-c1[nH]ncc1N1CCNCC1. The average molecular weight is 263 g/mol. The Morgan fingerprint density at radius 2 is 1.94 bits per heavy atom. The number of piperazine rings is 1. The molecule has 0 spiro atoms. The van der Waals surface area contributed by atoms with E-state index < -0.39 is 0 Å². The minimum absolute atomic E-state index is 0.748. The molecule has 1 fully saturated rings. The highest BCUT2D eigenvalue weighted by Crippen LogP contribution is 2.33. The Hall–Kier alpha value is -1.52. The van der Waals surface area contributed by atoms with Gasteiger partial charge < -0.3 is 10.2 Å². The van der Waals surface area contributed by atoms with Gasteiger partial charge in [-0.15, -0.1) is 0 Å². The van der Waals surface area contributed by atoms with Gasteiger partial charge in [-0.1, -0.05) is 29.8 Å². The van der Waals surface area contributed by atoms with Crippen LogP contribution < -0.4 is 10.2 Å². The van der Waals surface area contributed by atoms with Gasteiger partial charge >= 0.3 is 0 Å². The van der Waals surface area contributed by atoms with Crippen LogP contribution in [0.15, 0.2) is 30.5 Å². The van der Waals surface area contributed by atoms with Crippen LogP contribution in [0.2, 0.25) is 5.02 Å². The van der Waals surface area contributed by atoms with E-state index in [4.69, 9.17) is 11.6 Å². The van der Waals surface area contributed by atoms with Gasteiger partial charge in [0.15, 0.2) is 0 Å². The number of nitrogens with one attached hydrogen (secondary N) is 2. The van der Waals surface area contributed by atoms with Gasteiger partial charge in [-0.2, -0.15) is 5.10 Å². The molecule has 0 bridgehead atoms. The minimum Gasteiger partial charge on any atom is -0.366 e. The lowest BCUT2D eigenvalue weighted by Crippen LogP contribution is -2.43. The summed E-state index contributed by atoms with van der Waals surface area (Å²) in [6.07, 6.45) is 1.88. The van der Waals surface area contributed by atoms with Crippen LogP contribution in [-0.4, -0.2) is 36.4 Å². The molecule has 0 atom stereocenters. The molecule has 1 aromatic heterocycles. The molecule has 0 unspecified atom stereocenters. The Balaban J connectivity index is 1.98. The molecule has 0 aliphatic carbocycles. The van der Waals surface area contributed by atoms with E-state index in [9.17, 15) is 0 Å². The summed E-state index contributed by atoms with van der Waals surface area (Å²) < 4.78 is 0. The van der Waals surface area contributed by atoms with Crippen LogP contribution in [0, 0.1) is 0 Å². The molecule has 2 N–H and O–H groups in total. The number of aromatic nitrogens is 2. The zero-order valence-electron chi connectivity index (χ0n) is 9.99. The molecule has 1 aromatic carbocycles. The first-order chi connectivity index (χ1) is 8.86. The van der Waals surface area contributed by atoms with Crippen molar-refractivity contribution in [3.05, 3.63) is 35.5 Å². The van der Waals surface area contributed by atoms with Crippen molar-refractivity contribution in [1.82, 2.24) is 15.5 Å². The van der Waals surface area contributed by atoms with Gasteiger partial charge in [0, 0.05) is 31.7 Å². The number of anilines is 1. The van der Waals surface area contributed by atoms with E-state index in [1.807, 2.05) is 30.5 Å². The van der Waals surface area contributed by atoms with E-state index in [1.165, 1.54) is 0 Å². The Morgan fingerprint density at radius 1 is 1.17 bits per heavy atom. The van der Waals surface area contributed by atoms with Crippen LogP contribution in [0.25, 0.3) is 11.3 Å². The van der Waals surface area contributed by atoms with Gasteiger partial charge in [0.25, 0.3) is 0 Å². The number of nitrogens with zero attached hydrogens (tertiary/aromatic N) is 2. The summed E-state index contributed by atoms with van der Waals surface area (Å²) in [6, 6.07) is 7.84. The van der Waals surface area contributed by atoms with Crippen LogP contribution in [0.4, 0.5) is 5.69 Å². The molecule has 18 heavy (non-hydrogen) atoms. The van der Waals surface area contributed by atoms with Gasteiger partial charge in [-0.05, 0) is 6.07 Å². The molecular weight excluding hydrogens is 248 g/mol. The third-order valence-corrected chi connectivity index (χ3v) is 3.55. The molecule has 0 saturated carbocycles. The summed E-state index contributed by atoms with van der Waals surface area (Å²) in [4.78, 5) is 2.33. The van der Waals surface area contributed by atoms with E-state index >= 15 is 0 Å². The lowest BCUT2D eigenvalue weighted by Gasteiger charge is -2.29. The van der Waals surface area contributed by atoms with Crippen molar-refractivity contribution >= 4 is 17.3 Å². The summed E-state index contributed by atoms with van der Waals surface area (Å²) in [5.41, 5.74) is 3.14. The highest BCUT2D eigenvalue weighted by molar-refractivity contribution is 6.33. The Kier molecular flexibility index (Phi) is 3.21. The van der Waals surface area contributed by atoms with Crippen molar-refractivity contribution in [3.8, 4) is 11.3 Å². The standard InChI is InChI=1S/C13H15ClN4/c14-11-4-2-1-3-10(11)13-12(9-16-17-13)18-7-5-15-6-8-18/h1-4,9,15H,5-8H2,(H,16,17). The normalized spacial score (nSPS) is 15.9. The number of rotatable bonds is 2. The number of H-pyrrole nitrogens is 1. The fourth-order valence-electron chi connectivity index (χ4n) is 2.29. The highest BCUT2D eigenvalue weighted by atomic mass is 35.5. The predicted octanol–water partition coefficient (Wildman–Crippen LogP) is 2.14. The Labute approximate surface area is 111 Å². The maximum Gasteiger partial charge on any atom is 0.0899 e. The smallest absolute Gasteiger partial charge is 0.0899 e. The molecule has 0 amide bonds. The van der Waals surface area contributed by atoms with Crippen LogP contribution >= 0.6 is 11.6 Å². The van der Waals surface area contributed by atoms with Crippen LogP contribution in [0.5, 0.6) is 0 Å². The largest absolute Gasteiger partial charge is 0.366 e. The first-order valence-electron chi connectivity index (χ1n) is 6.10. The van der Waals surface area contributed by atoms with Crippen LogP contribution in [-0.2, 0) is 0 Å². The third kappa shape index (κ3) is 2.09. The van der Waals surface area contributed by atoms with Crippen molar-refractivity contribution < 1.29 is 0 Å². The Morgan fingerprint density at radius 3 is 2.72 bits per heavy atom. The molecule has 2 heterocycles. The first-order valence-corrected chi connectivity index (χ1v) is 6.48. The van der Waals surface area contributed by atoms with Crippen molar-refractivity contribution in [2.24, 2.45) is 0 Å². The summed E-state index contributed by atoms with van der Waals surface area (Å²) in [6.45, 7) is 4.01. The van der Waals surface area contributed by atoms with Gasteiger partial charge in [0.1, 0.15) is 0 Å². The van der Waals surface area contributed by atoms with E-state index in [0.717, 1.165) is 48.1 Å². The summed E-state index contributed by atoms with van der Waals surface area (Å²) in [5, 5.41) is 11.3. The fourth-order valence-corrected chi connectivity index (χ4v) is 2.52. The van der Waals surface area contributed by atoms with E-state index in [0.29, 0.717) is 0 Å². The quantitative estimate of drug-likeness (QED) is 0.872. The fraction of sp³-hybridized carbons (Fsp3) is 0.308. The number of hydrogen-bond acceptors (Lipinski definition) is 3. The van der Waals surface area contributed by atoms with E-state index in [2.05, 4.69) is 20.4 Å². The number of halogens is 1. The molecule has 1 aliphatic rings. The maximum atomic E-state index is 6.25. The van der Waals surface area contributed by atoms with Gasteiger partial charge in [0.2, 0.25) is 0 Å². The van der Waals surface area contributed by atoms with Crippen molar-refractivity contribution in [2.75, 3.05) is 31.1 Å². The van der Waals surface area contributed by atoms with Crippen LogP contribution in [0.1, 0.15) is 0 Å². The molecule has 3 rings (SSSR count). The predicted molar refractivity (Wildman–Crippen MR) is 74.1 cm³/mol. The first kappa shape index (κ1) is 11.6. The zero-order valence-corrected chi connectivity index (χ0v) is 10.7. The van der Waals surface area contributed by atoms with E-state index in [-0.39, 0.29) is 0 Å². The number of benzene rings is 1. The molecule has 1 aliphatic heterocycles. The minimum atomic E-state index is 0.748. The lowest BCUT2D eigenvalue weighted by molar-refractivity contribution is 0.589. The zero-order chi connectivity index (χ0) is 12.4. The molecule has 0 radical (unpaired) electrons. The molecule has 4 nitrogen and oxygen atoms in total.